The number of para-hydroxylation sites is 2. The van der Waals surface area contributed by atoms with E-state index in [-0.39, 0.29) is 5.97 Å². The molecule has 2 rings (SSSR count). The Morgan fingerprint density at radius 3 is 2.95 bits per heavy atom. The summed E-state index contributed by atoms with van der Waals surface area (Å²) in [4.78, 5) is 15.8. The van der Waals surface area contributed by atoms with Crippen molar-refractivity contribution in [3.8, 4) is 0 Å². The number of rotatable bonds is 6. The van der Waals surface area contributed by atoms with Crippen molar-refractivity contribution >= 4 is 28.6 Å². The Labute approximate surface area is 117 Å². The Kier molecular flexibility index (Phi) is 4.80. The lowest BCUT2D eigenvalue weighted by Crippen LogP contribution is -2.07. The Morgan fingerprint density at radius 2 is 2.21 bits per heavy atom. The largest absolute Gasteiger partial charge is 0.466 e. The van der Waals surface area contributed by atoms with Crippen molar-refractivity contribution in [3.05, 3.63) is 30.1 Å². The van der Waals surface area contributed by atoms with Crippen LogP contribution in [-0.4, -0.2) is 22.1 Å². The number of hydrogen-bond acceptors (Lipinski definition) is 3. The molecule has 0 spiro atoms. The molecule has 0 aliphatic rings. The number of nitrogens with zero attached hydrogens (tertiary/aromatic N) is 2. The van der Waals surface area contributed by atoms with E-state index in [1.165, 1.54) is 0 Å². The minimum absolute atomic E-state index is 0.153. The lowest BCUT2D eigenvalue weighted by atomic mass is 10.3. The Balaban J connectivity index is 2.09. The first-order chi connectivity index (χ1) is 9.26. The van der Waals surface area contributed by atoms with E-state index in [9.17, 15) is 4.79 Å². The number of ether oxygens (including phenoxy) is 1. The third-order valence-electron chi connectivity index (χ3n) is 2.92. The molecule has 0 saturated carbocycles. The fraction of sp³-hybridized carbons (Fsp3) is 0.429. The summed E-state index contributed by atoms with van der Waals surface area (Å²) in [6.07, 6.45) is 1.14. The van der Waals surface area contributed by atoms with Crippen molar-refractivity contribution in [2.24, 2.45) is 0 Å². The first-order valence-corrected chi connectivity index (χ1v) is 6.95. The van der Waals surface area contributed by atoms with Gasteiger partial charge in [-0.2, -0.15) is 0 Å². The monoisotopic (exact) mass is 280 g/mol. The molecule has 0 atom stereocenters. The molecule has 0 fully saturated rings. The van der Waals surface area contributed by atoms with Gasteiger partial charge in [0, 0.05) is 13.0 Å². The highest BCUT2D eigenvalue weighted by Crippen LogP contribution is 2.18. The Bertz CT molecular complexity index is 566. The maximum absolute atomic E-state index is 11.3. The number of imidazole rings is 1. The molecular formula is C14H17ClN2O2. The van der Waals surface area contributed by atoms with Crippen molar-refractivity contribution in [2.75, 3.05) is 6.61 Å². The molecule has 0 bridgehead atoms. The predicted octanol–water partition coefficient (Wildman–Crippen LogP) is 3.12. The standard InChI is InChI=1S/C14H17ClN2O2/c1-2-19-14(18)8-5-9-17-12-7-4-3-6-11(12)16-13(17)10-15/h3-4,6-7H,2,5,8-10H2,1H3. The van der Waals surface area contributed by atoms with E-state index in [0.29, 0.717) is 18.9 Å². The van der Waals surface area contributed by atoms with Crippen LogP contribution in [0.1, 0.15) is 25.6 Å². The van der Waals surface area contributed by atoms with Gasteiger partial charge in [0.25, 0.3) is 0 Å². The lowest BCUT2D eigenvalue weighted by Gasteiger charge is -2.07. The summed E-state index contributed by atoms with van der Waals surface area (Å²) in [5.41, 5.74) is 2.00. The third kappa shape index (κ3) is 3.26. The molecule has 0 amide bonds. The summed E-state index contributed by atoms with van der Waals surface area (Å²) in [6.45, 7) is 2.97. The summed E-state index contributed by atoms with van der Waals surface area (Å²) in [5.74, 6) is 1.06. The smallest absolute Gasteiger partial charge is 0.305 e. The fourth-order valence-electron chi connectivity index (χ4n) is 2.09. The first kappa shape index (κ1) is 13.9. The summed E-state index contributed by atoms with van der Waals surface area (Å²) in [6, 6.07) is 7.91. The van der Waals surface area contributed by atoms with Gasteiger partial charge in [-0.1, -0.05) is 12.1 Å². The van der Waals surface area contributed by atoms with E-state index < -0.39 is 0 Å². The Morgan fingerprint density at radius 1 is 1.42 bits per heavy atom. The highest BCUT2D eigenvalue weighted by atomic mass is 35.5. The molecule has 0 unspecified atom stereocenters. The van der Waals surface area contributed by atoms with Crippen molar-refractivity contribution < 1.29 is 9.53 Å². The second-order valence-corrected chi connectivity index (χ2v) is 4.48. The quantitative estimate of drug-likeness (QED) is 0.603. The lowest BCUT2D eigenvalue weighted by molar-refractivity contribution is -0.143. The van der Waals surface area contributed by atoms with Gasteiger partial charge in [-0.25, -0.2) is 4.98 Å². The number of halogens is 1. The molecule has 1 aromatic carbocycles. The number of carbonyl (C=O) groups excluding carboxylic acids is 1. The molecule has 5 heteroatoms. The number of aromatic nitrogens is 2. The van der Waals surface area contributed by atoms with Crippen LogP contribution >= 0.6 is 11.6 Å². The molecule has 0 radical (unpaired) electrons. The van der Waals surface area contributed by atoms with Gasteiger partial charge >= 0.3 is 5.97 Å². The summed E-state index contributed by atoms with van der Waals surface area (Å²) in [7, 11) is 0. The minimum atomic E-state index is -0.153. The first-order valence-electron chi connectivity index (χ1n) is 6.42. The summed E-state index contributed by atoms with van der Waals surface area (Å²) < 4.78 is 6.99. The zero-order valence-electron chi connectivity index (χ0n) is 10.9. The molecule has 1 aromatic heterocycles. The number of hydrogen-bond donors (Lipinski definition) is 0. The molecule has 2 aromatic rings. The van der Waals surface area contributed by atoms with Crippen LogP contribution < -0.4 is 0 Å². The van der Waals surface area contributed by atoms with E-state index in [1.807, 2.05) is 31.2 Å². The topological polar surface area (TPSA) is 44.1 Å². The normalized spacial score (nSPS) is 10.8. The number of benzene rings is 1. The van der Waals surface area contributed by atoms with E-state index in [1.54, 1.807) is 0 Å². The molecule has 0 saturated heterocycles. The van der Waals surface area contributed by atoms with Gasteiger partial charge in [0.2, 0.25) is 0 Å². The van der Waals surface area contributed by atoms with Gasteiger partial charge in [0.05, 0.1) is 23.5 Å². The molecular weight excluding hydrogens is 264 g/mol. The summed E-state index contributed by atoms with van der Waals surface area (Å²) >= 11 is 5.92. The SMILES string of the molecule is CCOC(=O)CCCn1c(CCl)nc2ccccc21. The maximum atomic E-state index is 11.3. The van der Waals surface area contributed by atoms with Crippen molar-refractivity contribution in [3.63, 3.8) is 0 Å². The van der Waals surface area contributed by atoms with Crippen LogP contribution in [0.25, 0.3) is 11.0 Å². The zero-order valence-corrected chi connectivity index (χ0v) is 11.7. The van der Waals surface area contributed by atoms with E-state index in [0.717, 1.165) is 29.8 Å². The molecule has 0 aliphatic carbocycles. The molecule has 0 aliphatic heterocycles. The number of alkyl halides is 1. The molecule has 1 heterocycles. The van der Waals surface area contributed by atoms with E-state index in [2.05, 4.69) is 9.55 Å². The predicted molar refractivity (Wildman–Crippen MR) is 75.2 cm³/mol. The number of carbonyl (C=O) groups is 1. The second kappa shape index (κ2) is 6.57. The number of fused-ring (bicyclic) bond motifs is 1. The third-order valence-corrected chi connectivity index (χ3v) is 3.16. The number of aryl methyl sites for hydroxylation is 1. The maximum Gasteiger partial charge on any atom is 0.305 e. The van der Waals surface area contributed by atoms with Crippen molar-refractivity contribution in [1.82, 2.24) is 9.55 Å². The van der Waals surface area contributed by atoms with Crippen molar-refractivity contribution in [1.29, 1.82) is 0 Å². The fourth-order valence-corrected chi connectivity index (χ4v) is 2.30. The minimum Gasteiger partial charge on any atom is -0.466 e. The van der Waals surface area contributed by atoms with Gasteiger partial charge < -0.3 is 9.30 Å². The van der Waals surface area contributed by atoms with Crippen LogP contribution in [-0.2, 0) is 22.0 Å². The van der Waals surface area contributed by atoms with Crippen LogP contribution in [0, 0.1) is 0 Å². The van der Waals surface area contributed by atoms with Crippen LogP contribution in [0.5, 0.6) is 0 Å². The van der Waals surface area contributed by atoms with Crippen molar-refractivity contribution in [2.45, 2.75) is 32.2 Å². The molecule has 102 valence electrons. The Hall–Kier alpha value is -1.55. The number of esters is 1. The van der Waals surface area contributed by atoms with Crippen LogP contribution in [0.3, 0.4) is 0 Å². The second-order valence-electron chi connectivity index (χ2n) is 4.21. The molecule has 0 N–H and O–H groups in total. The van der Waals surface area contributed by atoms with Crippen LogP contribution in [0.2, 0.25) is 0 Å². The summed E-state index contributed by atoms with van der Waals surface area (Å²) in [5, 5.41) is 0. The van der Waals surface area contributed by atoms with Gasteiger partial charge in [-0.05, 0) is 25.5 Å². The van der Waals surface area contributed by atoms with Gasteiger partial charge in [0.1, 0.15) is 5.82 Å². The highest BCUT2D eigenvalue weighted by Gasteiger charge is 2.10. The van der Waals surface area contributed by atoms with Gasteiger partial charge in [-0.15, -0.1) is 11.6 Å². The van der Waals surface area contributed by atoms with Crippen LogP contribution in [0.15, 0.2) is 24.3 Å². The van der Waals surface area contributed by atoms with Gasteiger partial charge in [0.15, 0.2) is 0 Å². The van der Waals surface area contributed by atoms with E-state index in [4.69, 9.17) is 16.3 Å². The van der Waals surface area contributed by atoms with Gasteiger partial charge in [-0.3, -0.25) is 4.79 Å². The average molecular weight is 281 g/mol. The molecule has 19 heavy (non-hydrogen) atoms. The highest BCUT2D eigenvalue weighted by molar-refractivity contribution is 6.16. The average Bonchev–Trinajstić information content (AvgIpc) is 2.77. The van der Waals surface area contributed by atoms with Crippen LogP contribution in [0.4, 0.5) is 0 Å². The van der Waals surface area contributed by atoms with E-state index >= 15 is 0 Å². The molecule has 4 nitrogen and oxygen atoms in total. The zero-order chi connectivity index (χ0) is 13.7.